The lowest BCUT2D eigenvalue weighted by atomic mass is 9.99. The first kappa shape index (κ1) is 12.5. The Labute approximate surface area is 114 Å². The fourth-order valence-electron chi connectivity index (χ4n) is 2.41. The zero-order valence-corrected chi connectivity index (χ0v) is 10.7. The van der Waals surface area contributed by atoms with Crippen LogP contribution < -0.4 is 0 Å². The predicted octanol–water partition coefficient (Wildman–Crippen LogP) is 3.99. The van der Waals surface area contributed by atoms with Gasteiger partial charge in [-0.25, -0.2) is 8.78 Å². The molecule has 0 aliphatic carbocycles. The summed E-state index contributed by atoms with van der Waals surface area (Å²) in [7, 11) is 0. The largest absolute Gasteiger partial charge is 0.358 e. The molecule has 1 N–H and O–H groups in total. The second-order valence-electron chi connectivity index (χ2n) is 4.60. The van der Waals surface area contributed by atoms with Gasteiger partial charge in [0, 0.05) is 16.6 Å². The average molecular weight is 271 g/mol. The Morgan fingerprint density at radius 1 is 0.950 bits per heavy atom. The number of carbonyl (C=O) groups is 1. The molecular weight excluding hydrogens is 260 g/mol. The molecule has 2 aromatic carbocycles. The van der Waals surface area contributed by atoms with Crippen LogP contribution in [-0.2, 0) is 0 Å². The van der Waals surface area contributed by atoms with Gasteiger partial charge in [-0.05, 0) is 25.1 Å². The molecule has 100 valence electrons. The summed E-state index contributed by atoms with van der Waals surface area (Å²) < 4.78 is 27.5. The van der Waals surface area contributed by atoms with Crippen LogP contribution in [0.5, 0.6) is 0 Å². The summed E-state index contributed by atoms with van der Waals surface area (Å²) in [4.78, 5) is 15.5. The molecule has 0 amide bonds. The van der Waals surface area contributed by atoms with Gasteiger partial charge in [-0.15, -0.1) is 0 Å². The van der Waals surface area contributed by atoms with Crippen LogP contribution in [0.4, 0.5) is 8.78 Å². The molecule has 0 atom stereocenters. The number of H-pyrrole nitrogens is 1. The van der Waals surface area contributed by atoms with Crippen molar-refractivity contribution in [3.05, 3.63) is 70.9 Å². The maximum atomic E-state index is 13.8. The molecule has 0 radical (unpaired) electrons. The number of ketones is 1. The Balaban J connectivity index is 2.26. The van der Waals surface area contributed by atoms with Crippen molar-refractivity contribution in [2.45, 2.75) is 6.92 Å². The molecule has 0 spiro atoms. The molecule has 1 aromatic heterocycles. The molecule has 0 fully saturated rings. The Morgan fingerprint density at radius 2 is 1.60 bits per heavy atom. The van der Waals surface area contributed by atoms with Crippen molar-refractivity contribution < 1.29 is 13.6 Å². The number of nitrogens with one attached hydrogen (secondary N) is 1. The lowest BCUT2D eigenvalue weighted by Gasteiger charge is -2.04. The van der Waals surface area contributed by atoms with Crippen molar-refractivity contribution >= 4 is 16.7 Å². The minimum atomic E-state index is -0.848. The van der Waals surface area contributed by atoms with Crippen LogP contribution in [0.25, 0.3) is 10.9 Å². The normalized spacial score (nSPS) is 10.9. The number of rotatable bonds is 2. The van der Waals surface area contributed by atoms with Crippen molar-refractivity contribution in [3.63, 3.8) is 0 Å². The first-order valence-corrected chi connectivity index (χ1v) is 6.15. The lowest BCUT2D eigenvalue weighted by molar-refractivity contribution is 0.103. The molecule has 20 heavy (non-hydrogen) atoms. The van der Waals surface area contributed by atoms with E-state index in [9.17, 15) is 13.6 Å². The van der Waals surface area contributed by atoms with E-state index in [1.54, 1.807) is 19.1 Å². The highest BCUT2D eigenvalue weighted by Crippen LogP contribution is 2.26. The zero-order chi connectivity index (χ0) is 14.3. The predicted molar refractivity (Wildman–Crippen MR) is 72.8 cm³/mol. The highest BCUT2D eigenvalue weighted by atomic mass is 19.1. The summed E-state index contributed by atoms with van der Waals surface area (Å²) >= 11 is 0. The third-order valence-corrected chi connectivity index (χ3v) is 3.31. The van der Waals surface area contributed by atoms with Gasteiger partial charge in [0.25, 0.3) is 0 Å². The minimum Gasteiger partial charge on any atom is -0.358 e. The van der Waals surface area contributed by atoms with Crippen molar-refractivity contribution in [3.8, 4) is 0 Å². The van der Waals surface area contributed by atoms with Crippen molar-refractivity contribution in [1.82, 2.24) is 4.98 Å². The monoisotopic (exact) mass is 271 g/mol. The van der Waals surface area contributed by atoms with E-state index in [0.717, 1.165) is 17.6 Å². The molecule has 0 aliphatic heterocycles. The van der Waals surface area contributed by atoms with Crippen LogP contribution >= 0.6 is 0 Å². The Hall–Kier alpha value is -2.49. The van der Waals surface area contributed by atoms with Gasteiger partial charge in [0.15, 0.2) is 0 Å². The first-order valence-electron chi connectivity index (χ1n) is 6.15. The molecule has 3 rings (SSSR count). The molecule has 0 saturated heterocycles. The van der Waals surface area contributed by atoms with Crippen molar-refractivity contribution in [2.75, 3.05) is 0 Å². The summed E-state index contributed by atoms with van der Waals surface area (Å²) in [6.07, 6.45) is 0. The van der Waals surface area contributed by atoms with Gasteiger partial charge in [0.2, 0.25) is 5.78 Å². The SMILES string of the molecule is Cc1[nH]c2ccccc2c1C(=O)c1c(F)cccc1F. The van der Waals surface area contributed by atoms with Gasteiger partial charge in [0.1, 0.15) is 11.6 Å². The fraction of sp³-hybridized carbons (Fsp3) is 0.0625. The van der Waals surface area contributed by atoms with Crippen LogP contribution in [-0.4, -0.2) is 10.8 Å². The number of fused-ring (bicyclic) bond motifs is 1. The van der Waals surface area contributed by atoms with E-state index in [1.165, 1.54) is 6.07 Å². The summed E-state index contributed by atoms with van der Waals surface area (Å²) in [5.74, 6) is -2.34. The van der Waals surface area contributed by atoms with Gasteiger partial charge in [0.05, 0.1) is 11.1 Å². The molecular formula is C16H11F2NO. The number of aromatic amines is 1. The van der Waals surface area contributed by atoms with Crippen LogP contribution in [0.15, 0.2) is 42.5 Å². The molecule has 2 nitrogen and oxygen atoms in total. The molecule has 3 aromatic rings. The molecule has 1 heterocycles. The molecule has 0 saturated carbocycles. The number of aromatic nitrogens is 1. The Kier molecular flexibility index (Phi) is 2.86. The van der Waals surface area contributed by atoms with Crippen LogP contribution in [0.3, 0.4) is 0 Å². The van der Waals surface area contributed by atoms with E-state index in [1.807, 2.05) is 12.1 Å². The standard InChI is InChI=1S/C16H11F2NO/c1-9-14(10-5-2-3-8-13(10)19-9)16(20)15-11(17)6-4-7-12(15)18/h2-8,19H,1H3. The number of hydrogen-bond acceptors (Lipinski definition) is 1. The second-order valence-corrected chi connectivity index (χ2v) is 4.60. The Bertz CT molecular complexity index is 800. The smallest absolute Gasteiger partial charge is 0.201 e. The van der Waals surface area contributed by atoms with E-state index in [2.05, 4.69) is 4.98 Å². The van der Waals surface area contributed by atoms with E-state index in [-0.39, 0.29) is 0 Å². The van der Waals surface area contributed by atoms with Gasteiger partial charge in [-0.3, -0.25) is 4.79 Å². The number of hydrogen-bond donors (Lipinski definition) is 1. The van der Waals surface area contributed by atoms with Crippen LogP contribution in [0.1, 0.15) is 21.6 Å². The number of benzene rings is 2. The summed E-state index contributed by atoms with van der Waals surface area (Å²) in [6.45, 7) is 1.71. The number of halogens is 2. The highest BCUT2D eigenvalue weighted by Gasteiger charge is 2.23. The molecule has 0 bridgehead atoms. The van der Waals surface area contributed by atoms with E-state index < -0.39 is 23.0 Å². The maximum absolute atomic E-state index is 13.8. The average Bonchev–Trinajstić information content (AvgIpc) is 2.74. The van der Waals surface area contributed by atoms with Crippen LogP contribution in [0.2, 0.25) is 0 Å². The van der Waals surface area contributed by atoms with Crippen LogP contribution in [0, 0.1) is 18.6 Å². The van der Waals surface area contributed by atoms with E-state index in [4.69, 9.17) is 0 Å². The quantitative estimate of drug-likeness (QED) is 0.702. The highest BCUT2D eigenvalue weighted by molar-refractivity contribution is 6.17. The van der Waals surface area contributed by atoms with Gasteiger partial charge >= 0.3 is 0 Å². The van der Waals surface area contributed by atoms with Crippen molar-refractivity contribution in [2.24, 2.45) is 0 Å². The van der Waals surface area contributed by atoms with E-state index >= 15 is 0 Å². The fourth-order valence-corrected chi connectivity index (χ4v) is 2.41. The number of para-hydroxylation sites is 1. The van der Waals surface area contributed by atoms with E-state index in [0.29, 0.717) is 16.6 Å². The Morgan fingerprint density at radius 3 is 2.30 bits per heavy atom. The number of aryl methyl sites for hydroxylation is 1. The summed E-state index contributed by atoms with van der Waals surface area (Å²) in [5.41, 5.74) is 1.16. The first-order chi connectivity index (χ1) is 9.59. The maximum Gasteiger partial charge on any atom is 0.201 e. The zero-order valence-electron chi connectivity index (χ0n) is 10.7. The number of carbonyl (C=O) groups excluding carboxylic acids is 1. The van der Waals surface area contributed by atoms with Gasteiger partial charge < -0.3 is 4.98 Å². The summed E-state index contributed by atoms with van der Waals surface area (Å²) in [6, 6.07) is 10.6. The van der Waals surface area contributed by atoms with Gasteiger partial charge in [-0.1, -0.05) is 24.3 Å². The third kappa shape index (κ3) is 1.81. The third-order valence-electron chi connectivity index (χ3n) is 3.31. The topological polar surface area (TPSA) is 32.9 Å². The lowest BCUT2D eigenvalue weighted by Crippen LogP contribution is -2.08. The molecule has 0 aliphatic rings. The second kappa shape index (κ2) is 4.56. The van der Waals surface area contributed by atoms with Gasteiger partial charge in [-0.2, -0.15) is 0 Å². The summed E-state index contributed by atoms with van der Waals surface area (Å²) in [5, 5.41) is 0.664. The van der Waals surface area contributed by atoms with Crippen molar-refractivity contribution in [1.29, 1.82) is 0 Å². The molecule has 4 heteroatoms. The molecule has 0 unspecified atom stereocenters. The minimum absolute atomic E-state index is 0.310.